The number of rotatable bonds is 6. The molecule has 0 aromatic heterocycles. The van der Waals surface area contributed by atoms with Crippen LogP contribution in [0.1, 0.15) is 25.0 Å². The highest BCUT2D eigenvalue weighted by atomic mass is 16.7. The predicted octanol–water partition coefficient (Wildman–Crippen LogP) is 3.88. The molecule has 0 aliphatic carbocycles. The standard InChI is InChI=1S/C19H22N2O2/c1-3-21(4-2)17-8-5-15(6-9-17)12-20-13-16-7-10-18-19(11-16)23-14-22-18/h5-12H,3-4,13-14H2,1-2H3/b20-12-. The van der Waals surface area contributed by atoms with Crippen molar-refractivity contribution >= 4 is 11.9 Å². The van der Waals surface area contributed by atoms with Gasteiger partial charge in [0.1, 0.15) is 0 Å². The molecule has 0 fully saturated rings. The Bertz CT molecular complexity index is 676. The minimum atomic E-state index is 0.306. The molecule has 1 aliphatic heterocycles. The van der Waals surface area contributed by atoms with Crippen LogP contribution in [0, 0.1) is 0 Å². The van der Waals surface area contributed by atoms with E-state index in [2.05, 4.69) is 48.0 Å². The van der Waals surface area contributed by atoms with E-state index in [0.29, 0.717) is 13.3 Å². The van der Waals surface area contributed by atoms with Crippen molar-refractivity contribution in [3.63, 3.8) is 0 Å². The highest BCUT2D eigenvalue weighted by Gasteiger charge is 2.12. The van der Waals surface area contributed by atoms with Gasteiger partial charge >= 0.3 is 0 Å². The van der Waals surface area contributed by atoms with Crippen LogP contribution in [0.3, 0.4) is 0 Å². The van der Waals surface area contributed by atoms with Crippen LogP contribution in [0.15, 0.2) is 47.5 Å². The van der Waals surface area contributed by atoms with Crippen molar-refractivity contribution in [3.8, 4) is 11.5 Å². The van der Waals surface area contributed by atoms with Crippen LogP contribution in [0.2, 0.25) is 0 Å². The van der Waals surface area contributed by atoms with Crippen LogP contribution in [0.5, 0.6) is 11.5 Å². The summed E-state index contributed by atoms with van der Waals surface area (Å²) in [7, 11) is 0. The normalized spacial score (nSPS) is 12.8. The lowest BCUT2D eigenvalue weighted by molar-refractivity contribution is 0.174. The Labute approximate surface area is 137 Å². The number of hydrogen-bond acceptors (Lipinski definition) is 4. The molecule has 1 aliphatic rings. The summed E-state index contributed by atoms with van der Waals surface area (Å²) in [5, 5.41) is 0. The number of fused-ring (bicyclic) bond motifs is 1. The Hall–Kier alpha value is -2.49. The fourth-order valence-electron chi connectivity index (χ4n) is 2.66. The van der Waals surface area contributed by atoms with E-state index < -0.39 is 0 Å². The van der Waals surface area contributed by atoms with Gasteiger partial charge in [-0.2, -0.15) is 0 Å². The third-order valence-electron chi connectivity index (χ3n) is 3.97. The van der Waals surface area contributed by atoms with E-state index in [1.54, 1.807) is 0 Å². The summed E-state index contributed by atoms with van der Waals surface area (Å²) < 4.78 is 10.7. The van der Waals surface area contributed by atoms with E-state index in [9.17, 15) is 0 Å². The van der Waals surface area contributed by atoms with Crippen LogP contribution < -0.4 is 14.4 Å². The first kappa shape index (κ1) is 15.4. The summed E-state index contributed by atoms with van der Waals surface area (Å²) in [6.07, 6.45) is 1.91. The third kappa shape index (κ3) is 3.65. The molecule has 0 radical (unpaired) electrons. The molecule has 0 unspecified atom stereocenters. The summed E-state index contributed by atoms with van der Waals surface area (Å²) in [4.78, 5) is 6.84. The summed E-state index contributed by atoms with van der Waals surface area (Å²) >= 11 is 0. The number of ether oxygens (including phenoxy) is 2. The van der Waals surface area contributed by atoms with Crippen LogP contribution in [0.25, 0.3) is 0 Å². The van der Waals surface area contributed by atoms with Gasteiger partial charge in [0.05, 0.1) is 6.54 Å². The van der Waals surface area contributed by atoms with Crippen molar-refractivity contribution in [2.75, 3.05) is 24.8 Å². The molecule has 120 valence electrons. The largest absolute Gasteiger partial charge is 0.454 e. The van der Waals surface area contributed by atoms with Gasteiger partial charge in [-0.25, -0.2) is 0 Å². The Morgan fingerprint density at radius 1 is 1.00 bits per heavy atom. The maximum absolute atomic E-state index is 5.38. The first-order valence-corrected chi connectivity index (χ1v) is 8.03. The van der Waals surface area contributed by atoms with Gasteiger partial charge in [-0.05, 0) is 49.2 Å². The number of benzene rings is 2. The summed E-state index contributed by atoms with van der Waals surface area (Å²) in [5.41, 5.74) is 3.48. The minimum absolute atomic E-state index is 0.306. The van der Waals surface area contributed by atoms with Crippen molar-refractivity contribution in [2.24, 2.45) is 4.99 Å². The summed E-state index contributed by atoms with van der Waals surface area (Å²) in [5.74, 6) is 1.62. The molecule has 4 heteroatoms. The monoisotopic (exact) mass is 310 g/mol. The molecule has 3 rings (SSSR count). The molecular weight excluding hydrogens is 288 g/mol. The molecule has 0 spiro atoms. The quantitative estimate of drug-likeness (QED) is 0.759. The number of hydrogen-bond donors (Lipinski definition) is 0. The van der Waals surface area contributed by atoms with Crippen LogP contribution in [0.4, 0.5) is 5.69 Å². The van der Waals surface area contributed by atoms with E-state index in [-0.39, 0.29) is 0 Å². The van der Waals surface area contributed by atoms with Gasteiger partial charge in [-0.1, -0.05) is 18.2 Å². The summed E-state index contributed by atoms with van der Waals surface area (Å²) in [6, 6.07) is 14.5. The predicted molar refractivity (Wildman–Crippen MR) is 93.9 cm³/mol. The van der Waals surface area contributed by atoms with Crippen LogP contribution >= 0.6 is 0 Å². The Morgan fingerprint density at radius 3 is 2.48 bits per heavy atom. The van der Waals surface area contributed by atoms with Gasteiger partial charge in [-0.15, -0.1) is 0 Å². The van der Waals surface area contributed by atoms with Gasteiger partial charge in [-0.3, -0.25) is 4.99 Å². The zero-order chi connectivity index (χ0) is 16.1. The average Bonchev–Trinajstić information content (AvgIpc) is 3.05. The highest BCUT2D eigenvalue weighted by molar-refractivity contribution is 5.80. The fraction of sp³-hybridized carbons (Fsp3) is 0.316. The van der Waals surface area contributed by atoms with Crippen LogP contribution in [-0.2, 0) is 6.54 Å². The smallest absolute Gasteiger partial charge is 0.231 e. The lowest BCUT2D eigenvalue weighted by Crippen LogP contribution is -2.21. The van der Waals surface area contributed by atoms with Crippen molar-refractivity contribution in [1.29, 1.82) is 0 Å². The molecule has 23 heavy (non-hydrogen) atoms. The number of nitrogens with zero attached hydrogens (tertiary/aromatic N) is 2. The molecule has 1 heterocycles. The van der Waals surface area contributed by atoms with Gasteiger partial charge in [0.15, 0.2) is 11.5 Å². The molecule has 0 atom stereocenters. The van der Waals surface area contributed by atoms with E-state index in [1.165, 1.54) is 5.69 Å². The SMILES string of the molecule is CCN(CC)c1ccc(/C=N\Cc2ccc3c(c2)OCO3)cc1. The molecule has 4 nitrogen and oxygen atoms in total. The van der Waals surface area contributed by atoms with E-state index in [1.807, 2.05) is 24.4 Å². The fourth-order valence-corrected chi connectivity index (χ4v) is 2.66. The van der Waals surface area contributed by atoms with Crippen molar-refractivity contribution in [1.82, 2.24) is 0 Å². The van der Waals surface area contributed by atoms with Crippen molar-refractivity contribution < 1.29 is 9.47 Å². The second-order valence-electron chi connectivity index (χ2n) is 5.42. The maximum atomic E-state index is 5.38. The Kier molecular flexibility index (Phi) is 4.81. The van der Waals surface area contributed by atoms with Crippen LogP contribution in [-0.4, -0.2) is 26.1 Å². The molecule has 2 aromatic carbocycles. The van der Waals surface area contributed by atoms with Gasteiger partial charge < -0.3 is 14.4 Å². The van der Waals surface area contributed by atoms with Gasteiger partial charge in [0.2, 0.25) is 6.79 Å². The van der Waals surface area contributed by atoms with Crippen molar-refractivity contribution in [3.05, 3.63) is 53.6 Å². The zero-order valence-electron chi connectivity index (χ0n) is 13.7. The third-order valence-corrected chi connectivity index (χ3v) is 3.97. The number of anilines is 1. The maximum Gasteiger partial charge on any atom is 0.231 e. The first-order chi connectivity index (χ1) is 11.3. The molecule has 0 saturated carbocycles. The highest BCUT2D eigenvalue weighted by Crippen LogP contribution is 2.32. The number of aliphatic imine (C=N–C) groups is 1. The van der Waals surface area contributed by atoms with E-state index >= 15 is 0 Å². The second kappa shape index (κ2) is 7.18. The van der Waals surface area contributed by atoms with Crippen molar-refractivity contribution in [2.45, 2.75) is 20.4 Å². The topological polar surface area (TPSA) is 34.1 Å². The lowest BCUT2D eigenvalue weighted by atomic mass is 10.2. The Balaban J connectivity index is 1.62. The minimum Gasteiger partial charge on any atom is -0.454 e. The van der Waals surface area contributed by atoms with E-state index in [4.69, 9.17) is 9.47 Å². The molecule has 0 N–H and O–H groups in total. The second-order valence-corrected chi connectivity index (χ2v) is 5.42. The van der Waals surface area contributed by atoms with Gasteiger partial charge in [0.25, 0.3) is 0 Å². The average molecular weight is 310 g/mol. The first-order valence-electron chi connectivity index (χ1n) is 8.03. The molecular formula is C19H22N2O2. The molecule has 0 bridgehead atoms. The zero-order valence-corrected chi connectivity index (χ0v) is 13.7. The summed E-state index contributed by atoms with van der Waals surface area (Å²) in [6.45, 7) is 7.33. The molecule has 0 amide bonds. The Morgan fingerprint density at radius 2 is 1.74 bits per heavy atom. The molecule has 2 aromatic rings. The van der Waals surface area contributed by atoms with E-state index in [0.717, 1.165) is 35.7 Å². The van der Waals surface area contributed by atoms with Gasteiger partial charge in [0, 0.05) is 25.0 Å². The lowest BCUT2D eigenvalue weighted by Gasteiger charge is -2.20. The molecule has 0 saturated heterocycles.